The fraction of sp³-hybridized carbons (Fsp3) is 0.0625. The molecule has 338 valence electrons. The molecule has 5 aliphatic rings. The Balaban J connectivity index is 1.06. The van der Waals surface area contributed by atoms with E-state index in [0.717, 1.165) is 69.2 Å². The van der Waals surface area contributed by atoms with E-state index < -0.39 is 0 Å². The number of furan rings is 1. The third kappa shape index (κ3) is 5.57. The molecule has 0 bridgehead atoms. The highest BCUT2D eigenvalue weighted by Crippen LogP contribution is 2.52. The monoisotopic (exact) mass is 921 g/mol. The highest BCUT2D eigenvalue weighted by molar-refractivity contribution is 7.03. The predicted octanol–water partition coefficient (Wildman–Crippen LogP) is 12.4. The normalized spacial score (nSPS) is 14.8. The Labute approximate surface area is 419 Å². The minimum atomic E-state index is -0.104. The van der Waals surface area contributed by atoms with Crippen LogP contribution >= 0.6 is 0 Å². The van der Waals surface area contributed by atoms with E-state index in [0.29, 0.717) is 0 Å². The lowest BCUT2D eigenvalue weighted by molar-refractivity contribution is 0.669. The van der Waals surface area contributed by atoms with Crippen molar-refractivity contribution in [2.75, 3.05) is 37.6 Å². The van der Waals surface area contributed by atoms with Gasteiger partial charge in [0.05, 0.1) is 11.1 Å². The zero-order valence-electron chi connectivity index (χ0n) is 39.5. The summed E-state index contributed by atoms with van der Waals surface area (Å²) in [7, 11) is 0. The number of fused-ring (bicyclic) bond motifs is 12. The largest absolute Gasteiger partial charge is 0.456 e. The second kappa shape index (κ2) is 15.3. The predicted molar refractivity (Wildman–Crippen MR) is 303 cm³/mol. The Hall–Kier alpha value is -8.87. The summed E-state index contributed by atoms with van der Waals surface area (Å²) in [5, 5.41) is 2.24. The van der Waals surface area contributed by atoms with Crippen molar-refractivity contribution in [2.24, 2.45) is 0 Å². The minimum absolute atomic E-state index is 0.0509. The Morgan fingerprint density at radius 1 is 0.319 bits per heavy atom. The third-order valence-corrected chi connectivity index (χ3v) is 16.1. The quantitative estimate of drug-likeness (QED) is 0.160. The van der Waals surface area contributed by atoms with Crippen LogP contribution in [0.1, 0.15) is 12.8 Å². The summed E-state index contributed by atoms with van der Waals surface area (Å²) >= 11 is 0. The zero-order valence-corrected chi connectivity index (χ0v) is 39.5. The van der Waals surface area contributed by atoms with Crippen molar-refractivity contribution >= 4 is 142 Å². The van der Waals surface area contributed by atoms with E-state index in [1.165, 1.54) is 85.4 Å². The number of nitrogens with zero attached hydrogens (tertiary/aromatic N) is 5. The molecular weight excluding hydrogens is 876 g/mol. The first-order chi connectivity index (χ1) is 35.8. The summed E-state index contributed by atoms with van der Waals surface area (Å²) in [6.45, 7) is 1.94. The number of para-hydroxylation sites is 7. The van der Waals surface area contributed by atoms with Crippen LogP contribution in [0.4, 0.5) is 73.9 Å². The number of hydrogen-bond donors (Lipinski definition) is 0. The second-order valence-electron chi connectivity index (χ2n) is 19.9. The standard InChI is InChI=1S/C64H45B2N5O/c1-5-21-42(22-6-1)68-52-32-16-14-30-48(52)65-50-39-51-55(40-54(50)70(44-25-9-3-10-26-44)57-38-46(37-56(68)62(57)65)67-35-19-20-36-67)71(45-27-11-4-12-28-45)64-61-47-29-13-18-34-59(47)72-60(61)41-58-63(64)66(51)49-31-15-17-33-53(49)69(58)43-23-7-2-8-24-43/h1-18,21-34,37-41H,19-20,35-36H2. The van der Waals surface area contributed by atoms with Gasteiger partial charge in [-0.1, -0.05) is 133 Å². The molecule has 0 radical (unpaired) electrons. The number of anilines is 13. The van der Waals surface area contributed by atoms with Gasteiger partial charge in [0, 0.05) is 92.8 Å². The van der Waals surface area contributed by atoms with Crippen molar-refractivity contribution in [3.8, 4) is 0 Å². The molecule has 1 fully saturated rings. The Morgan fingerprint density at radius 2 is 0.764 bits per heavy atom. The van der Waals surface area contributed by atoms with Gasteiger partial charge in [-0.05, 0) is 131 Å². The van der Waals surface area contributed by atoms with Gasteiger partial charge in [0.15, 0.2) is 0 Å². The van der Waals surface area contributed by atoms with E-state index in [1.807, 2.05) is 0 Å². The molecule has 11 aromatic rings. The molecule has 0 unspecified atom stereocenters. The maximum absolute atomic E-state index is 6.97. The maximum atomic E-state index is 6.97. The fourth-order valence-corrected chi connectivity index (χ4v) is 13.2. The van der Waals surface area contributed by atoms with Crippen LogP contribution in [0.15, 0.2) is 229 Å². The maximum Gasteiger partial charge on any atom is 0.252 e. The van der Waals surface area contributed by atoms with E-state index in [1.54, 1.807) is 0 Å². The van der Waals surface area contributed by atoms with E-state index in [4.69, 9.17) is 4.42 Å². The van der Waals surface area contributed by atoms with Crippen molar-refractivity contribution in [1.82, 2.24) is 0 Å². The molecule has 8 heteroatoms. The van der Waals surface area contributed by atoms with Gasteiger partial charge in [-0.2, -0.15) is 0 Å². The summed E-state index contributed by atoms with van der Waals surface area (Å²) in [5.41, 5.74) is 24.8. The molecule has 0 aliphatic carbocycles. The molecule has 72 heavy (non-hydrogen) atoms. The average molecular weight is 922 g/mol. The lowest BCUT2D eigenvalue weighted by Crippen LogP contribution is -2.65. The van der Waals surface area contributed by atoms with Crippen LogP contribution in [0, 0.1) is 0 Å². The smallest absolute Gasteiger partial charge is 0.252 e. The molecule has 0 spiro atoms. The van der Waals surface area contributed by atoms with Crippen LogP contribution in [-0.2, 0) is 0 Å². The van der Waals surface area contributed by atoms with Crippen molar-refractivity contribution < 1.29 is 4.42 Å². The lowest BCUT2D eigenvalue weighted by atomic mass is 9.30. The Morgan fingerprint density at radius 3 is 1.33 bits per heavy atom. The van der Waals surface area contributed by atoms with Gasteiger partial charge >= 0.3 is 0 Å². The molecule has 6 nitrogen and oxygen atoms in total. The molecule has 0 N–H and O–H groups in total. The van der Waals surface area contributed by atoms with E-state index in [-0.39, 0.29) is 13.4 Å². The first kappa shape index (κ1) is 39.9. The second-order valence-corrected chi connectivity index (χ2v) is 19.9. The topological polar surface area (TPSA) is 29.3 Å². The van der Waals surface area contributed by atoms with Crippen LogP contribution in [0.5, 0.6) is 0 Å². The molecule has 0 amide bonds. The van der Waals surface area contributed by atoms with Crippen LogP contribution in [0.3, 0.4) is 0 Å². The summed E-state index contributed by atoms with van der Waals surface area (Å²) in [5.74, 6) is 0. The highest BCUT2D eigenvalue weighted by Gasteiger charge is 2.49. The van der Waals surface area contributed by atoms with Crippen molar-refractivity contribution in [3.05, 3.63) is 224 Å². The van der Waals surface area contributed by atoms with Gasteiger partial charge in [0.1, 0.15) is 11.2 Å². The van der Waals surface area contributed by atoms with Gasteiger partial charge in [-0.15, -0.1) is 0 Å². The van der Waals surface area contributed by atoms with Gasteiger partial charge < -0.3 is 28.9 Å². The van der Waals surface area contributed by atoms with Crippen molar-refractivity contribution in [1.29, 1.82) is 0 Å². The fourth-order valence-electron chi connectivity index (χ4n) is 13.2. The van der Waals surface area contributed by atoms with E-state index >= 15 is 0 Å². The molecule has 5 aliphatic heterocycles. The SMILES string of the molecule is c1ccc(N2c3ccccc3B3c4cc5c(cc4N(c4ccccc4)c4cc(N6CCCC6)cc2c43)N(c2ccccc2)c2c3c(cc4oc6ccccc6c24)N(c2ccccc2)c2ccccc2B53)cc1. The zero-order chi connectivity index (χ0) is 47.0. The van der Waals surface area contributed by atoms with Gasteiger partial charge in [-0.25, -0.2) is 0 Å². The van der Waals surface area contributed by atoms with Crippen LogP contribution in [0.2, 0.25) is 0 Å². The van der Waals surface area contributed by atoms with Crippen LogP contribution < -0.4 is 57.3 Å². The first-order valence-corrected chi connectivity index (χ1v) is 25.4. The molecule has 16 rings (SSSR count). The number of hydrogen-bond acceptors (Lipinski definition) is 6. The average Bonchev–Trinajstić information content (AvgIpc) is 4.13. The van der Waals surface area contributed by atoms with Gasteiger partial charge in [0.2, 0.25) is 0 Å². The van der Waals surface area contributed by atoms with Crippen molar-refractivity contribution in [2.45, 2.75) is 12.8 Å². The van der Waals surface area contributed by atoms with E-state index in [2.05, 4.69) is 249 Å². The third-order valence-electron chi connectivity index (χ3n) is 16.1. The molecule has 0 atom stereocenters. The van der Waals surface area contributed by atoms with Crippen molar-refractivity contribution in [3.63, 3.8) is 0 Å². The summed E-state index contributed by atoms with van der Waals surface area (Å²) in [4.78, 5) is 12.8. The minimum Gasteiger partial charge on any atom is -0.456 e. The molecule has 6 heterocycles. The van der Waals surface area contributed by atoms with Gasteiger partial charge in [-0.3, -0.25) is 0 Å². The van der Waals surface area contributed by atoms with Gasteiger partial charge in [0.25, 0.3) is 13.4 Å². The Kier molecular flexibility index (Phi) is 8.49. The van der Waals surface area contributed by atoms with Crippen LogP contribution in [0.25, 0.3) is 21.9 Å². The lowest BCUT2D eigenvalue weighted by Gasteiger charge is -2.47. The molecule has 1 saturated heterocycles. The summed E-state index contributed by atoms with van der Waals surface area (Å²) < 4.78 is 6.97. The number of benzene rings is 10. The summed E-state index contributed by atoms with van der Waals surface area (Å²) in [6.07, 6.45) is 2.39. The summed E-state index contributed by atoms with van der Waals surface area (Å²) in [6, 6.07) is 83.4. The van der Waals surface area contributed by atoms with Crippen LogP contribution in [-0.4, -0.2) is 26.5 Å². The highest BCUT2D eigenvalue weighted by atomic mass is 16.3. The molecule has 1 aromatic heterocycles. The number of rotatable bonds is 5. The molecule has 10 aromatic carbocycles. The first-order valence-electron chi connectivity index (χ1n) is 25.4. The molecule has 0 saturated carbocycles. The van der Waals surface area contributed by atoms with E-state index in [9.17, 15) is 0 Å². The Bertz CT molecular complexity index is 3990. The molecular formula is C64H45B2N5O.